The molecule has 0 spiro atoms. The molecule has 2 amide bonds. The van der Waals surface area contributed by atoms with Crippen LogP contribution in [0.25, 0.3) is 0 Å². The molecule has 0 aliphatic carbocycles. The Labute approximate surface area is 176 Å². The first-order valence-corrected chi connectivity index (χ1v) is 11.3. The highest BCUT2D eigenvalue weighted by molar-refractivity contribution is 7.99. The molecular weight excluding hydrogens is 380 g/mol. The number of nitriles is 1. The summed E-state index contributed by atoms with van der Waals surface area (Å²) in [5, 5.41) is 12.2. The zero-order chi connectivity index (χ0) is 20.1. The molecule has 150 valence electrons. The molecule has 0 aromatic heterocycles. The predicted octanol–water partition coefficient (Wildman–Crippen LogP) is 4.03. The number of hydrogen-bond donors (Lipinski definition) is 1. The maximum absolute atomic E-state index is 13.0. The van der Waals surface area contributed by atoms with Gasteiger partial charge in [-0.25, -0.2) is 4.79 Å². The van der Waals surface area contributed by atoms with Gasteiger partial charge in [0.1, 0.15) is 0 Å². The maximum Gasteiger partial charge on any atom is 0.318 e. The number of rotatable bonds is 3. The molecule has 4 rings (SSSR count). The standard InChI is InChI=1S/C23H26N4OS/c24-16-18-6-8-21(9-7-18)26-12-10-20(11-13-26)25-23(28)27-14-15-29-17-22(27)19-4-2-1-3-5-19/h1-9,20,22H,10-15,17H2,(H,25,28). The first-order chi connectivity index (χ1) is 14.2. The van der Waals surface area contributed by atoms with Crippen LogP contribution in [0.5, 0.6) is 0 Å². The zero-order valence-corrected chi connectivity index (χ0v) is 17.3. The number of amides is 2. The van der Waals surface area contributed by atoms with Crippen LogP contribution in [0.2, 0.25) is 0 Å². The number of thioether (sulfide) groups is 1. The zero-order valence-electron chi connectivity index (χ0n) is 16.5. The molecule has 29 heavy (non-hydrogen) atoms. The summed E-state index contributed by atoms with van der Waals surface area (Å²) in [6.07, 6.45) is 1.87. The van der Waals surface area contributed by atoms with Gasteiger partial charge in [-0.15, -0.1) is 0 Å². The van der Waals surface area contributed by atoms with Crippen molar-refractivity contribution in [3.63, 3.8) is 0 Å². The molecule has 1 unspecified atom stereocenters. The van der Waals surface area contributed by atoms with Crippen molar-refractivity contribution in [2.75, 3.05) is 36.0 Å². The summed E-state index contributed by atoms with van der Waals surface area (Å²) in [6.45, 7) is 2.61. The van der Waals surface area contributed by atoms with Gasteiger partial charge in [0, 0.05) is 42.9 Å². The Kier molecular flexibility index (Phi) is 6.26. The summed E-state index contributed by atoms with van der Waals surface area (Å²) in [4.78, 5) is 17.4. The minimum absolute atomic E-state index is 0.0657. The number of carbonyl (C=O) groups excluding carboxylic acids is 1. The van der Waals surface area contributed by atoms with Crippen LogP contribution in [-0.4, -0.2) is 48.1 Å². The van der Waals surface area contributed by atoms with Gasteiger partial charge in [-0.1, -0.05) is 30.3 Å². The Morgan fingerprint density at radius 3 is 2.45 bits per heavy atom. The van der Waals surface area contributed by atoms with Crippen molar-refractivity contribution in [3.8, 4) is 6.07 Å². The molecule has 1 atom stereocenters. The second kappa shape index (κ2) is 9.23. The Morgan fingerprint density at radius 1 is 1.03 bits per heavy atom. The number of nitrogens with one attached hydrogen (secondary N) is 1. The van der Waals surface area contributed by atoms with Crippen LogP contribution in [-0.2, 0) is 0 Å². The van der Waals surface area contributed by atoms with Gasteiger partial charge in [0.15, 0.2) is 0 Å². The van der Waals surface area contributed by atoms with Gasteiger partial charge in [0.25, 0.3) is 0 Å². The molecule has 0 saturated carbocycles. The Bertz CT molecular complexity index is 857. The third kappa shape index (κ3) is 4.68. The summed E-state index contributed by atoms with van der Waals surface area (Å²) in [6, 6.07) is 20.7. The number of carbonyl (C=O) groups is 1. The number of piperidine rings is 1. The lowest BCUT2D eigenvalue weighted by atomic mass is 10.0. The molecule has 0 bridgehead atoms. The fraction of sp³-hybridized carbons (Fsp3) is 0.391. The SMILES string of the molecule is N#Cc1ccc(N2CCC(NC(=O)N3CCSCC3c3ccccc3)CC2)cc1. The normalized spacial score (nSPS) is 20.2. The monoisotopic (exact) mass is 406 g/mol. The molecular formula is C23H26N4OS. The predicted molar refractivity (Wildman–Crippen MR) is 118 cm³/mol. The van der Waals surface area contributed by atoms with Gasteiger partial charge >= 0.3 is 6.03 Å². The van der Waals surface area contributed by atoms with Gasteiger partial charge < -0.3 is 15.1 Å². The number of anilines is 1. The van der Waals surface area contributed by atoms with Gasteiger partial charge in [-0.3, -0.25) is 0 Å². The Balaban J connectivity index is 1.33. The summed E-state index contributed by atoms with van der Waals surface area (Å²) in [5.74, 6) is 1.95. The Hall–Kier alpha value is -2.65. The average Bonchev–Trinajstić information content (AvgIpc) is 2.80. The largest absolute Gasteiger partial charge is 0.371 e. The second-order valence-electron chi connectivity index (χ2n) is 7.56. The van der Waals surface area contributed by atoms with Crippen LogP contribution < -0.4 is 10.2 Å². The molecule has 0 radical (unpaired) electrons. The van der Waals surface area contributed by atoms with E-state index in [1.807, 2.05) is 59.1 Å². The molecule has 1 N–H and O–H groups in total. The average molecular weight is 407 g/mol. The minimum Gasteiger partial charge on any atom is -0.371 e. The fourth-order valence-corrected chi connectivity index (χ4v) is 5.17. The summed E-state index contributed by atoms with van der Waals surface area (Å²) >= 11 is 1.92. The van der Waals surface area contributed by atoms with E-state index in [4.69, 9.17) is 5.26 Å². The van der Waals surface area contributed by atoms with Crippen LogP contribution in [0.15, 0.2) is 54.6 Å². The van der Waals surface area contributed by atoms with E-state index in [0.717, 1.165) is 49.7 Å². The van der Waals surface area contributed by atoms with E-state index in [9.17, 15) is 4.79 Å². The molecule has 2 fully saturated rings. The van der Waals surface area contributed by atoms with Crippen molar-refractivity contribution in [2.24, 2.45) is 0 Å². The van der Waals surface area contributed by atoms with Crippen molar-refractivity contribution in [2.45, 2.75) is 24.9 Å². The molecule has 6 heteroatoms. The second-order valence-corrected chi connectivity index (χ2v) is 8.71. The molecule has 2 aromatic carbocycles. The highest BCUT2D eigenvalue weighted by Crippen LogP contribution is 2.30. The lowest BCUT2D eigenvalue weighted by Gasteiger charge is -2.38. The molecule has 2 aliphatic heterocycles. The molecule has 2 saturated heterocycles. The molecule has 2 heterocycles. The first-order valence-electron chi connectivity index (χ1n) is 10.2. The van der Waals surface area contributed by atoms with Gasteiger partial charge in [-0.2, -0.15) is 17.0 Å². The van der Waals surface area contributed by atoms with E-state index in [-0.39, 0.29) is 18.1 Å². The van der Waals surface area contributed by atoms with Crippen LogP contribution in [0.1, 0.15) is 30.0 Å². The van der Waals surface area contributed by atoms with E-state index in [1.165, 1.54) is 5.56 Å². The smallest absolute Gasteiger partial charge is 0.318 e. The Morgan fingerprint density at radius 2 is 1.76 bits per heavy atom. The summed E-state index contributed by atoms with van der Waals surface area (Å²) in [5.41, 5.74) is 3.04. The topological polar surface area (TPSA) is 59.4 Å². The van der Waals surface area contributed by atoms with Gasteiger partial charge in [0.05, 0.1) is 17.7 Å². The maximum atomic E-state index is 13.0. The molecule has 2 aromatic rings. The van der Waals surface area contributed by atoms with E-state index < -0.39 is 0 Å². The van der Waals surface area contributed by atoms with Crippen molar-refractivity contribution in [1.82, 2.24) is 10.2 Å². The van der Waals surface area contributed by atoms with Gasteiger partial charge in [0.2, 0.25) is 0 Å². The van der Waals surface area contributed by atoms with Crippen molar-refractivity contribution in [1.29, 1.82) is 5.26 Å². The lowest BCUT2D eigenvalue weighted by Crippen LogP contribution is -2.52. The third-order valence-electron chi connectivity index (χ3n) is 5.76. The molecule has 2 aliphatic rings. The van der Waals surface area contributed by atoms with Gasteiger partial charge in [-0.05, 0) is 42.7 Å². The highest BCUT2D eigenvalue weighted by Gasteiger charge is 2.30. The van der Waals surface area contributed by atoms with Crippen molar-refractivity contribution < 1.29 is 4.79 Å². The highest BCUT2D eigenvalue weighted by atomic mass is 32.2. The van der Waals surface area contributed by atoms with E-state index >= 15 is 0 Å². The lowest BCUT2D eigenvalue weighted by molar-refractivity contribution is 0.176. The van der Waals surface area contributed by atoms with E-state index in [2.05, 4.69) is 28.4 Å². The number of urea groups is 1. The number of benzene rings is 2. The van der Waals surface area contributed by atoms with Crippen molar-refractivity contribution in [3.05, 3.63) is 65.7 Å². The van der Waals surface area contributed by atoms with Crippen LogP contribution >= 0.6 is 11.8 Å². The quantitative estimate of drug-likeness (QED) is 0.836. The number of hydrogen-bond acceptors (Lipinski definition) is 4. The summed E-state index contributed by atoms with van der Waals surface area (Å²) in [7, 11) is 0. The minimum atomic E-state index is 0.0657. The third-order valence-corrected chi connectivity index (χ3v) is 6.78. The number of nitrogens with zero attached hydrogens (tertiary/aromatic N) is 3. The van der Waals surface area contributed by atoms with Crippen molar-refractivity contribution >= 4 is 23.5 Å². The van der Waals surface area contributed by atoms with E-state index in [0.29, 0.717) is 5.56 Å². The van der Waals surface area contributed by atoms with Crippen LogP contribution in [0.3, 0.4) is 0 Å². The molecule has 5 nitrogen and oxygen atoms in total. The summed E-state index contributed by atoms with van der Waals surface area (Å²) < 4.78 is 0. The fourth-order valence-electron chi connectivity index (χ4n) is 4.08. The van der Waals surface area contributed by atoms with Crippen LogP contribution in [0, 0.1) is 11.3 Å². The van der Waals surface area contributed by atoms with E-state index in [1.54, 1.807) is 0 Å². The first kappa shape index (κ1) is 19.7. The van der Waals surface area contributed by atoms with Crippen LogP contribution in [0.4, 0.5) is 10.5 Å².